The zero-order chi connectivity index (χ0) is 9.12. The minimum atomic E-state index is 0.740. The molecule has 0 aromatic carbocycles. The SMILES string of the molecule is C1CN2CN3CCCN4CN(C1)C2C34. The van der Waals surface area contributed by atoms with Gasteiger partial charge < -0.3 is 0 Å². The second-order valence-corrected chi connectivity index (χ2v) is 5.07. The van der Waals surface area contributed by atoms with Crippen molar-refractivity contribution in [2.45, 2.75) is 25.2 Å². The maximum atomic E-state index is 2.68. The van der Waals surface area contributed by atoms with E-state index in [9.17, 15) is 0 Å². The van der Waals surface area contributed by atoms with Crippen molar-refractivity contribution >= 4 is 0 Å². The molecule has 0 N–H and O–H groups in total. The fourth-order valence-electron chi connectivity index (χ4n) is 3.78. The van der Waals surface area contributed by atoms with E-state index in [4.69, 9.17) is 0 Å². The molecule has 0 spiro atoms. The quantitative estimate of drug-likeness (QED) is 0.520. The molecule has 0 atom stereocenters. The molecule has 4 heterocycles. The van der Waals surface area contributed by atoms with E-state index in [2.05, 4.69) is 19.6 Å². The van der Waals surface area contributed by atoms with Gasteiger partial charge in [0, 0.05) is 26.2 Å². The number of nitrogens with zero attached hydrogens (tertiary/aromatic N) is 4. The van der Waals surface area contributed by atoms with Crippen molar-refractivity contribution < 1.29 is 0 Å². The molecule has 4 aliphatic heterocycles. The normalized spacial score (nSPS) is 44.6. The van der Waals surface area contributed by atoms with Crippen LogP contribution in [0, 0.1) is 0 Å². The second-order valence-electron chi connectivity index (χ2n) is 5.07. The Kier molecular flexibility index (Phi) is 1.55. The molecule has 4 rings (SSSR count). The predicted octanol–water partition coefficient (Wildman–Crippen LogP) is -0.404. The van der Waals surface area contributed by atoms with Gasteiger partial charge in [-0.3, -0.25) is 19.6 Å². The van der Waals surface area contributed by atoms with Gasteiger partial charge in [0.05, 0.1) is 25.7 Å². The maximum absolute atomic E-state index is 2.68. The molecule has 0 aromatic rings. The second kappa shape index (κ2) is 2.70. The third kappa shape index (κ3) is 0.877. The Morgan fingerprint density at radius 1 is 0.571 bits per heavy atom. The van der Waals surface area contributed by atoms with Gasteiger partial charge in [-0.25, -0.2) is 0 Å². The minimum Gasteiger partial charge on any atom is -0.272 e. The van der Waals surface area contributed by atoms with E-state index in [1.54, 1.807) is 0 Å². The van der Waals surface area contributed by atoms with Gasteiger partial charge in [0.25, 0.3) is 0 Å². The number of rotatable bonds is 0. The Labute approximate surface area is 85.0 Å². The average molecular weight is 194 g/mol. The van der Waals surface area contributed by atoms with Crippen molar-refractivity contribution in [1.82, 2.24) is 19.6 Å². The minimum absolute atomic E-state index is 0.740. The summed E-state index contributed by atoms with van der Waals surface area (Å²) in [4.78, 5) is 10.7. The molecule has 4 saturated heterocycles. The fraction of sp³-hybridized carbons (Fsp3) is 1.00. The smallest absolute Gasteiger partial charge is 0.0942 e. The molecule has 4 fully saturated rings. The van der Waals surface area contributed by atoms with Crippen LogP contribution in [0.1, 0.15) is 12.8 Å². The van der Waals surface area contributed by atoms with Gasteiger partial charge in [-0.05, 0) is 12.8 Å². The van der Waals surface area contributed by atoms with Gasteiger partial charge in [-0.2, -0.15) is 0 Å². The Morgan fingerprint density at radius 2 is 0.929 bits per heavy atom. The predicted molar refractivity (Wildman–Crippen MR) is 53.4 cm³/mol. The summed E-state index contributed by atoms with van der Waals surface area (Å²) < 4.78 is 0. The Balaban J connectivity index is 1.73. The summed E-state index contributed by atoms with van der Waals surface area (Å²) in [7, 11) is 0. The van der Waals surface area contributed by atoms with Crippen LogP contribution >= 0.6 is 0 Å². The van der Waals surface area contributed by atoms with Crippen molar-refractivity contribution in [2.24, 2.45) is 0 Å². The van der Waals surface area contributed by atoms with Crippen molar-refractivity contribution in [3.05, 3.63) is 0 Å². The van der Waals surface area contributed by atoms with E-state index >= 15 is 0 Å². The molecular weight excluding hydrogens is 176 g/mol. The highest BCUT2D eigenvalue weighted by atomic mass is 15.7. The van der Waals surface area contributed by atoms with Crippen LogP contribution in [0.2, 0.25) is 0 Å². The van der Waals surface area contributed by atoms with Crippen molar-refractivity contribution in [1.29, 1.82) is 0 Å². The van der Waals surface area contributed by atoms with Crippen molar-refractivity contribution in [3.8, 4) is 0 Å². The molecule has 0 radical (unpaired) electrons. The molecule has 4 aliphatic rings. The van der Waals surface area contributed by atoms with Gasteiger partial charge in [0.15, 0.2) is 0 Å². The summed E-state index contributed by atoms with van der Waals surface area (Å²) in [6, 6.07) is 0. The lowest BCUT2D eigenvalue weighted by Crippen LogP contribution is -2.50. The van der Waals surface area contributed by atoms with Gasteiger partial charge in [0.1, 0.15) is 0 Å². The third-order valence-electron chi connectivity index (χ3n) is 4.27. The van der Waals surface area contributed by atoms with Crippen LogP contribution in [0.5, 0.6) is 0 Å². The zero-order valence-electron chi connectivity index (χ0n) is 8.60. The van der Waals surface area contributed by atoms with Crippen LogP contribution in [0.15, 0.2) is 0 Å². The average Bonchev–Trinajstić information content (AvgIpc) is 2.74. The van der Waals surface area contributed by atoms with Crippen molar-refractivity contribution in [2.75, 3.05) is 39.5 Å². The highest BCUT2D eigenvalue weighted by Crippen LogP contribution is 2.36. The zero-order valence-corrected chi connectivity index (χ0v) is 8.60. The first-order chi connectivity index (χ1) is 6.93. The maximum Gasteiger partial charge on any atom is 0.0942 e. The first-order valence-electron chi connectivity index (χ1n) is 5.90. The fourth-order valence-corrected chi connectivity index (χ4v) is 3.78. The molecule has 0 unspecified atom stereocenters. The molecule has 0 aromatic heterocycles. The largest absolute Gasteiger partial charge is 0.272 e. The molecule has 78 valence electrons. The van der Waals surface area contributed by atoms with Crippen LogP contribution in [0.25, 0.3) is 0 Å². The van der Waals surface area contributed by atoms with E-state index in [1.807, 2.05) is 0 Å². The third-order valence-corrected chi connectivity index (χ3v) is 4.27. The van der Waals surface area contributed by atoms with E-state index in [1.165, 1.54) is 52.4 Å². The summed E-state index contributed by atoms with van der Waals surface area (Å²) >= 11 is 0. The molecule has 14 heavy (non-hydrogen) atoms. The van der Waals surface area contributed by atoms with Crippen LogP contribution < -0.4 is 0 Å². The van der Waals surface area contributed by atoms with Gasteiger partial charge >= 0.3 is 0 Å². The first-order valence-corrected chi connectivity index (χ1v) is 5.90. The summed E-state index contributed by atoms with van der Waals surface area (Å²) in [5, 5.41) is 0. The van der Waals surface area contributed by atoms with Crippen LogP contribution in [-0.4, -0.2) is 71.4 Å². The summed E-state index contributed by atoms with van der Waals surface area (Å²) in [6.45, 7) is 7.73. The van der Waals surface area contributed by atoms with E-state index < -0.39 is 0 Å². The lowest BCUT2D eigenvalue weighted by atomic mass is 10.2. The van der Waals surface area contributed by atoms with Gasteiger partial charge in [0.2, 0.25) is 0 Å². The Hall–Kier alpha value is -0.160. The molecule has 0 bridgehead atoms. The van der Waals surface area contributed by atoms with Gasteiger partial charge in [-0.1, -0.05) is 0 Å². The van der Waals surface area contributed by atoms with E-state index in [-0.39, 0.29) is 0 Å². The van der Waals surface area contributed by atoms with Crippen LogP contribution in [0.4, 0.5) is 0 Å². The molecule has 0 amide bonds. The standard InChI is InChI=1S/C10H18N4/c1-3-11-7-13-5-2-6-14-8-12(4-1)9(11)10(13)14/h9-10H,1-8H2. The molecular formula is C10H18N4. The molecule has 0 aliphatic carbocycles. The first kappa shape index (κ1) is 8.05. The van der Waals surface area contributed by atoms with E-state index in [0.29, 0.717) is 0 Å². The lowest BCUT2D eigenvalue weighted by molar-refractivity contribution is 0.0378. The number of hydrogen-bond acceptors (Lipinski definition) is 4. The van der Waals surface area contributed by atoms with Crippen molar-refractivity contribution in [3.63, 3.8) is 0 Å². The van der Waals surface area contributed by atoms with E-state index in [0.717, 1.165) is 12.3 Å². The monoisotopic (exact) mass is 194 g/mol. The molecule has 4 nitrogen and oxygen atoms in total. The lowest BCUT2D eigenvalue weighted by Gasteiger charge is -2.35. The Morgan fingerprint density at radius 3 is 1.29 bits per heavy atom. The summed E-state index contributed by atoms with van der Waals surface area (Å²) in [5.41, 5.74) is 0. The van der Waals surface area contributed by atoms with Crippen LogP contribution in [-0.2, 0) is 0 Å². The van der Waals surface area contributed by atoms with Gasteiger partial charge in [-0.15, -0.1) is 0 Å². The topological polar surface area (TPSA) is 13.0 Å². The summed E-state index contributed by atoms with van der Waals surface area (Å²) in [6.07, 6.45) is 4.21. The highest BCUT2D eigenvalue weighted by Gasteiger charge is 2.53. The Bertz CT molecular complexity index is 211. The highest BCUT2D eigenvalue weighted by molar-refractivity contribution is 5.01. The van der Waals surface area contributed by atoms with Crippen LogP contribution in [0.3, 0.4) is 0 Å². The number of hydrogen-bond donors (Lipinski definition) is 0. The summed E-state index contributed by atoms with van der Waals surface area (Å²) in [5.74, 6) is 0. The molecule has 4 heteroatoms. The molecule has 0 saturated carbocycles.